The lowest BCUT2D eigenvalue weighted by molar-refractivity contribution is -0.122. The van der Waals surface area contributed by atoms with Crippen LogP contribution in [0.5, 0.6) is 0 Å². The van der Waals surface area contributed by atoms with Crippen molar-refractivity contribution in [2.45, 2.75) is 32.7 Å². The highest BCUT2D eigenvalue weighted by Crippen LogP contribution is 2.04. The summed E-state index contributed by atoms with van der Waals surface area (Å²) < 4.78 is 4.93. The highest BCUT2D eigenvalue weighted by atomic mass is 16.3. The largest absolute Gasteiger partial charge is 0.459 e. The molecule has 0 saturated heterocycles. The summed E-state index contributed by atoms with van der Waals surface area (Å²) in [6.45, 7) is 4.20. The Hall–Kier alpha value is -1.82. The van der Waals surface area contributed by atoms with E-state index in [2.05, 4.69) is 10.6 Å². The Morgan fingerprint density at radius 3 is 2.70 bits per heavy atom. The molecule has 0 fully saturated rings. The van der Waals surface area contributed by atoms with Crippen molar-refractivity contribution in [2.75, 3.05) is 13.2 Å². The lowest BCUT2D eigenvalue weighted by Crippen LogP contribution is -2.40. The first kappa shape index (κ1) is 16.2. The zero-order chi connectivity index (χ0) is 15.0. The van der Waals surface area contributed by atoms with Gasteiger partial charge in [0.05, 0.1) is 18.9 Å². The number of hydrogen-bond donors (Lipinski definition) is 3. The summed E-state index contributed by atoms with van der Waals surface area (Å²) in [5.74, 6) is 0.0812. The number of nitrogens with one attached hydrogen (secondary N) is 2. The lowest BCUT2D eigenvalue weighted by Gasteiger charge is -2.18. The predicted octanol–water partition coefficient (Wildman–Crippen LogP) is 0.923. The fourth-order valence-electron chi connectivity index (χ4n) is 1.83. The van der Waals surface area contributed by atoms with E-state index >= 15 is 0 Å². The Morgan fingerprint density at radius 2 is 2.15 bits per heavy atom. The Labute approximate surface area is 118 Å². The molecule has 1 aromatic heterocycles. The van der Waals surface area contributed by atoms with Gasteiger partial charge in [-0.15, -0.1) is 0 Å². The van der Waals surface area contributed by atoms with Crippen LogP contribution >= 0.6 is 0 Å². The second kappa shape index (κ2) is 8.37. The van der Waals surface area contributed by atoms with Gasteiger partial charge in [-0.1, -0.05) is 13.8 Å². The first-order valence-electron chi connectivity index (χ1n) is 6.74. The Kier molecular flexibility index (Phi) is 6.79. The molecule has 1 rings (SSSR count). The van der Waals surface area contributed by atoms with E-state index in [4.69, 9.17) is 9.52 Å². The first-order chi connectivity index (χ1) is 9.52. The molecule has 0 saturated carbocycles. The predicted molar refractivity (Wildman–Crippen MR) is 74.1 cm³/mol. The van der Waals surface area contributed by atoms with E-state index in [1.807, 2.05) is 13.8 Å². The van der Waals surface area contributed by atoms with Crippen LogP contribution in [0.3, 0.4) is 0 Å². The Bertz CT molecular complexity index is 415. The van der Waals surface area contributed by atoms with Crippen molar-refractivity contribution in [2.24, 2.45) is 5.92 Å². The third-order valence-electron chi connectivity index (χ3n) is 2.72. The molecule has 0 aliphatic rings. The summed E-state index contributed by atoms with van der Waals surface area (Å²) in [7, 11) is 0. The van der Waals surface area contributed by atoms with E-state index < -0.39 is 0 Å². The summed E-state index contributed by atoms with van der Waals surface area (Å²) in [5, 5.41) is 14.5. The normalized spacial score (nSPS) is 12.2. The molecule has 1 aromatic rings. The van der Waals surface area contributed by atoms with E-state index in [1.165, 1.54) is 6.26 Å². The van der Waals surface area contributed by atoms with Gasteiger partial charge in [-0.2, -0.15) is 0 Å². The minimum atomic E-state index is -0.344. The van der Waals surface area contributed by atoms with Crippen molar-refractivity contribution >= 4 is 11.8 Å². The lowest BCUT2D eigenvalue weighted by atomic mass is 10.0. The van der Waals surface area contributed by atoms with Gasteiger partial charge in [0, 0.05) is 13.0 Å². The van der Waals surface area contributed by atoms with Gasteiger partial charge in [-0.05, 0) is 24.5 Å². The van der Waals surface area contributed by atoms with Crippen LogP contribution in [0.2, 0.25) is 0 Å². The maximum absolute atomic E-state index is 11.7. The van der Waals surface area contributed by atoms with Crippen LogP contribution < -0.4 is 10.6 Å². The van der Waals surface area contributed by atoms with Crippen molar-refractivity contribution in [3.05, 3.63) is 24.2 Å². The van der Waals surface area contributed by atoms with Crippen molar-refractivity contribution in [1.29, 1.82) is 0 Å². The molecule has 0 aliphatic carbocycles. The average Bonchev–Trinajstić information content (AvgIpc) is 2.91. The van der Waals surface area contributed by atoms with Gasteiger partial charge in [0.1, 0.15) is 0 Å². The molecule has 20 heavy (non-hydrogen) atoms. The molecule has 6 heteroatoms. The van der Waals surface area contributed by atoms with Crippen molar-refractivity contribution in [3.8, 4) is 0 Å². The van der Waals surface area contributed by atoms with Crippen LogP contribution in [-0.4, -0.2) is 36.1 Å². The van der Waals surface area contributed by atoms with Crippen LogP contribution in [-0.2, 0) is 4.79 Å². The molecule has 0 radical (unpaired) electrons. The highest BCUT2D eigenvalue weighted by Gasteiger charge is 2.13. The molecular formula is C14H22N2O4. The molecule has 0 aliphatic heterocycles. The number of amides is 2. The van der Waals surface area contributed by atoms with Crippen molar-refractivity contribution in [1.82, 2.24) is 10.6 Å². The van der Waals surface area contributed by atoms with Crippen LogP contribution in [0.15, 0.2) is 22.8 Å². The SMILES string of the molecule is CC(C)CC(CO)NC(=O)CCNC(=O)c1ccco1. The third kappa shape index (κ3) is 5.88. The van der Waals surface area contributed by atoms with Crippen LogP contribution in [0.4, 0.5) is 0 Å². The molecule has 6 nitrogen and oxygen atoms in total. The molecule has 3 N–H and O–H groups in total. The van der Waals surface area contributed by atoms with Gasteiger partial charge in [0.15, 0.2) is 5.76 Å². The molecular weight excluding hydrogens is 260 g/mol. The Morgan fingerprint density at radius 1 is 1.40 bits per heavy atom. The number of aliphatic hydroxyl groups excluding tert-OH is 1. The molecule has 1 atom stereocenters. The van der Waals surface area contributed by atoms with E-state index in [0.29, 0.717) is 5.92 Å². The number of aliphatic hydroxyl groups is 1. The van der Waals surface area contributed by atoms with Gasteiger partial charge < -0.3 is 20.2 Å². The molecule has 1 unspecified atom stereocenters. The second-order valence-corrected chi connectivity index (χ2v) is 5.06. The van der Waals surface area contributed by atoms with Crippen LogP contribution in [0, 0.1) is 5.92 Å². The molecule has 0 aromatic carbocycles. The maximum Gasteiger partial charge on any atom is 0.286 e. The molecule has 2 amide bonds. The zero-order valence-electron chi connectivity index (χ0n) is 11.9. The van der Waals surface area contributed by atoms with Gasteiger partial charge in [-0.25, -0.2) is 0 Å². The zero-order valence-corrected chi connectivity index (χ0v) is 11.9. The topological polar surface area (TPSA) is 91.6 Å². The number of carbonyl (C=O) groups excluding carboxylic acids is 2. The summed E-state index contributed by atoms with van der Waals surface area (Å²) >= 11 is 0. The second-order valence-electron chi connectivity index (χ2n) is 5.06. The van der Waals surface area contributed by atoms with E-state index in [9.17, 15) is 9.59 Å². The minimum absolute atomic E-state index is 0.0807. The standard InChI is InChI=1S/C14H22N2O4/c1-10(2)8-11(9-17)16-13(18)5-6-15-14(19)12-4-3-7-20-12/h3-4,7,10-11,17H,5-6,8-9H2,1-2H3,(H,15,19)(H,16,18). The quantitative estimate of drug-likeness (QED) is 0.661. The maximum atomic E-state index is 11.7. The Balaban J connectivity index is 2.24. The van der Waals surface area contributed by atoms with E-state index in [0.717, 1.165) is 6.42 Å². The summed E-state index contributed by atoms with van der Waals surface area (Å²) in [6, 6.07) is 2.95. The van der Waals surface area contributed by atoms with Crippen molar-refractivity contribution in [3.63, 3.8) is 0 Å². The van der Waals surface area contributed by atoms with Gasteiger partial charge in [0.2, 0.25) is 5.91 Å². The van der Waals surface area contributed by atoms with E-state index in [-0.39, 0.29) is 43.2 Å². The fraction of sp³-hybridized carbons (Fsp3) is 0.571. The number of carbonyl (C=O) groups is 2. The van der Waals surface area contributed by atoms with Crippen LogP contribution in [0.1, 0.15) is 37.2 Å². The molecule has 0 bridgehead atoms. The van der Waals surface area contributed by atoms with Gasteiger partial charge in [0.25, 0.3) is 5.91 Å². The number of furan rings is 1. The summed E-state index contributed by atoms with van der Waals surface area (Å²) in [5.41, 5.74) is 0. The van der Waals surface area contributed by atoms with Crippen LogP contribution in [0.25, 0.3) is 0 Å². The molecule has 1 heterocycles. The van der Waals surface area contributed by atoms with Crippen molar-refractivity contribution < 1.29 is 19.1 Å². The smallest absolute Gasteiger partial charge is 0.286 e. The number of hydrogen-bond acceptors (Lipinski definition) is 4. The molecule has 112 valence electrons. The van der Waals surface area contributed by atoms with Gasteiger partial charge in [-0.3, -0.25) is 9.59 Å². The number of rotatable bonds is 8. The first-order valence-corrected chi connectivity index (χ1v) is 6.74. The van der Waals surface area contributed by atoms with E-state index in [1.54, 1.807) is 12.1 Å². The average molecular weight is 282 g/mol. The monoisotopic (exact) mass is 282 g/mol. The summed E-state index contributed by atoms with van der Waals surface area (Å²) in [6.07, 6.45) is 2.31. The fourth-order valence-corrected chi connectivity index (χ4v) is 1.83. The minimum Gasteiger partial charge on any atom is -0.459 e. The van der Waals surface area contributed by atoms with Gasteiger partial charge >= 0.3 is 0 Å². The highest BCUT2D eigenvalue weighted by molar-refractivity contribution is 5.91. The summed E-state index contributed by atoms with van der Waals surface area (Å²) in [4.78, 5) is 23.2. The molecule has 0 spiro atoms. The third-order valence-corrected chi connectivity index (χ3v) is 2.72.